The second kappa shape index (κ2) is 3.23. The molecule has 0 spiro atoms. The average molecular weight is 200 g/mol. The van der Waals surface area contributed by atoms with Gasteiger partial charge in [-0.15, -0.1) is 0 Å². The second-order valence-corrected chi connectivity index (χ2v) is 4.84. The zero-order chi connectivity index (χ0) is 11.1. The maximum Gasteiger partial charge on any atom is 0.129 e. The molecule has 0 aliphatic carbocycles. The van der Waals surface area contributed by atoms with Crippen molar-refractivity contribution in [2.24, 2.45) is 0 Å². The molecule has 2 nitrogen and oxygen atoms in total. The lowest BCUT2D eigenvalue weighted by Gasteiger charge is -2.21. The highest BCUT2D eigenvalue weighted by Gasteiger charge is 2.16. The molecule has 2 aromatic heterocycles. The van der Waals surface area contributed by atoms with E-state index in [0.717, 1.165) is 5.52 Å². The molecule has 1 N–H and O–H groups in total. The highest BCUT2D eigenvalue weighted by molar-refractivity contribution is 5.56. The molecule has 0 aliphatic rings. The molecule has 78 valence electrons. The molecule has 15 heavy (non-hydrogen) atoms. The van der Waals surface area contributed by atoms with Crippen LogP contribution >= 0.6 is 0 Å². The van der Waals surface area contributed by atoms with Crippen molar-refractivity contribution in [1.82, 2.24) is 4.40 Å². The minimum absolute atomic E-state index is 0.111. The van der Waals surface area contributed by atoms with Gasteiger partial charge in [0.15, 0.2) is 0 Å². The highest BCUT2D eigenvalue weighted by atomic mass is 14.9. The lowest BCUT2D eigenvalue weighted by molar-refractivity contribution is 0.592. The van der Waals surface area contributed by atoms with Crippen LogP contribution in [0.5, 0.6) is 0 Å². The summed E-state index contributed by atoms with van der Waals surface area (Å²) in [6, 6.07) is 9.95. The van der Waals surface area contributed by atoms with Crippen molar-refractivity contribution in [1.29, 1.82) is 5.41 Å². The Kier molecular flexibility index (Phi) is 2.14. The topological polar surface area (TPSA) is 28.3 Å². The molecule has 0 atom stereocenters. The van der Waals surface area contributed by atoms with E-state index in [4.69, 9.17) is 5.41 Å². The Morgan fingerprint density at radius 2 is 1.80 bits per heavy atom. The van der Waals surface area contributed by atoms with Crippen LogP contribution in [0.25, 0.3) is 5.52 Å². The predicted molar refractivity (Wildman–Crippen MR) is 62.0 cm³/mol. The first kappa shape index (κ1) is 9.97. The van der Waals surface area contributed by atoms with E-state index in [1.165, 1.54) is 5.56 Å². The normalized spacial score (nSPS) is 11.9. The minimum atomic E-state index is 0.111. The summed E-state index contributed by atoms with van der Waals surface area (Å²) in [6.45, 7) is 6.58. The van der Waals surface area contributed by atoms with Gasteiger partial charge in [0.25, 0.3) is 0 Å². The van der Waals surface area contributed by atoms with Gasteiger partial charge in [-0.1, -0.05) is 32.9 Å². The zero-order valence-corrected chi connectivity index (χ0v) is 9.41. The van der Waals surface area contributed by atoms with Crippen LogP contribution in [-0.2, 0) is 5.41 Å². The third kappa shape index (κ3) is 1.67. The zero-order valence-electron chi connectivity index (χ0n) is 9.41. The van der Waals surface area contributed by atoms with Crippen molar-refractivity contribution in [2.45, 2.75) is 26.2 Å². The van der Waals surface area contributed by atoms with Crippen molar-refractivity contribution in [3.8, 4) is 0 Å². The van der Waals surface area contributed by atoms with Crippen molar-refractivity contribution >= 4 is 5.52 Å². The summed E-state index contributed by atoms with van der Waals surface area (Å²) in [7, 11) is 0. The summed E-state index contributed by atoms with van der Waals surface area (Å²) < 4.78 is 1.92. The van der Waals surface area contributed by atoms with Crippen LogP contribution < -0.4 is 5.49 Å². The Morgan fingerprint density at radius 3 is 2.47 bits per heavy atom. The predicted octanol–water partition coefficient (Wildman–Crippen LogP) is 2.72. The second-order valence-electron chi connectivity index (χ2n) is 4.84. The Bertz CT molecular complexity index is 544. The summed E-state index contributed by atoms with van der Waals surface area (Å²) >= 11 is 0. The molecule has 0 aliphatic heterocycles. The van der Waals surface area contributed by atoms with E-state index in [9.17, 15) is 0 Å². The lowest BCUT2D eigenvalue weighted by atomic mass is 9.86. The van der Waals surface area contributed by atoms with E-state index in [-0.39, 0.29) is 5.41 Å². The SMILES string of the molecule is CC(C)(C)c1cccn2c(=N)cccc12. The largest absolute Gasteiger partial charge is 0.302 e. The Labute approximate surface area is 89.7 Å². The van der Waals surface area contributed by atoms with Crippen molar-refractivity contribution in [2.75, 3.05) is 0 Å². The van der Waals surface area contributed by atoms with Crippen LogP contribution in [0, 0.1) is 5.41 Å². The van der Waals surface area contributed by atoms with Crippen LogP contribution in [0.2, 0.25) is 0 Å². The minimum Gasteiger partial charge on any atom is -0.302 e. The summed E-state index contributed by atoms with van der Waals surface area (Å²) in [4.78, 5) is 0. The van der Waals surface area contributed by atoms with Gasteiger partial charge in [0, 0.05) is 6.20 Å². The van der Waals surface area contributed by atoms with Crippen molar-refractivity contribution in [3.63, 3.8) is 0 Å². The van der Waals surface area contributed by atoms with Crippen LogP contribution in [0.4, 0.5) is 0 Å². The fourth-order valence-corrected chi connectivity index (χ4v) is 1.85. The summed E-state index contributed by atoms with van der Waals surface area (Å²) in [6.07, 6.45) is 1.94. The van der Waals surface area contributed by atoms with Gasteiger partial charge in [0.2, 0.25) is 0 Å². The third-order valence-electron chi connectivity index (χ3n) is 2.61. The van der Waals surface area contributed by atoms with Gasteiger partial charge in [0.1, 0.15) is 5.49 Å². The first-order valence-electron chi connectivity index (χ1n) is 5.15. The average Bonchev–Trinajstić information content (AvgIpc) is 2.16. The maximum absolute atomic E-state index is 7.83. The third-order valence-corrected chi connectivity index (χ3v) is 2.61. The van der Waals surface area contributed by atoms with E-state index >= 15 is 0 Å². The van der Waals surface area contributed by atoms with Gasteiger partial charge < -0.3 is 4.40 Å². The van der Waals surface area contributed by atoms with Crippen molar-refractivity contribution in [3.05, 3.63) is 47.6 Å². The smallest absolute Gasteiger partial charge is 0.129 e. The number of fused-ring (bicyclic) bond motifs is 1. The van der Waals surface area contributed by atoms with Crippen LogP contribution in [0.3, 0.4) is 0 Å². The molecule has 0 bridgehead atoms. The first-order valence-corrected chi connectivity index (χ1v) is 5.15. The molecule has 0 radical (unpaired) electrons. The quantitative estimate of drug-likeness (QED) is 0.677. The van der Waals surface area contributed by atoms with Gasteiger partial charge in [-0.25, -0.2) is 0 Å². The summed E-state index contributed by atoms with van der Waals surface area (Å²) in [5.41, 5.74) is 3.04. The van der Waals surface area contributed by atoms with E-state index in [1.807, 2.05) is 22.7 Å². The molecule has 2 heteroatoms. The molecular weight excluding hydrogens is 184 g/mol. The number of aromatic nitrogens is 1. The van der Waals surface area contributed by atoms with Gasteiger partial charge in [-0.05, 0) is 29.2 Å². The van der Waals surface area contributed by atoms with Crippen LogP contribution in [-0.4, -0.2) is 4.40 Å². The molecule has 2 heterocycles. The van der Waals surface area contributed by atoms with Gasteiger partial charge in [-0.3, -0.25) is 5.41 Å². The lowest BCUT2D eigenvalue weighted by Crippen LogP contribution is -2.18. The fraction of sp³-hybridized carbons (Fsp3) is 0.308. The standard InChI is InChI=1S/C13H16N2/c1-13(2,3)10-6-5-9-15-11(10)7-4-8-12(15)14/h4-9,14H,1-3H3. The number of nitrogens with zero attached hydrogens (tertiary/aromatic N) is 1. The molecule has 0 fully saturated rings. The van der Waals surface area contributed by atoms with E-state index in [2.05, 4.69) is 32.9 Å². The van der Waals surface area contributed by atoms with Crippen LogP contribution in [0.1, 0.15) is 26.3 Å². The Morgan fingerprint density at radius 1 is 1.07 bits per heavy atom. The molecule has 2 aromatic rings. The number of rotatable bonds is 0. The van der Waals surface area contributed by atoms with E-state index in [1.54, 1.807) is 6.07 Å². The molecule has 0 amide bonds. The molecular formula is C13H16N2. The van der Waals surface area contributed by atoms with Gasteiger partial charge >= 0.3 is 0 Å². The van der Waals surface area contributed by atoms with E-state index < -0.39 is 0 Å². The number of hydrogen-bond donors (Lipinski definition) is 1. The summed E-state index contributed by atoms with van der Waals surface area (Å²) in [5, 5.41) is 7.83. The number of hydrogen-bond acceptors (Lipinski definition) is 1. The number of nitrogens with one attached hydrogen (secondary N) is 1. The first-order chi connectivity index (χ1) is 7.00. The number of pyridine rings is 2. The van der Waals surface area contributed by atoms with E-state index in [0.29, 0.717) is 5.49 Å². The maximum atomic E-state index is 7.83. The van der Waals surface area contributed by atoms with Crippen molar-refractivity contribution < 1.29 is 0 Å². The molecule has 0 saturated carbocycles. The monoisotopic (exact) mass is 200 g/mol. The van der Waals surface area contributed by atoms with Gasteiger partial charge in [0.05, 0.1) is 5.52 Å². The molecule has 2 rings (SSSR count). The Balaban J connectivity index is 2.89. The van der Waals surface area contributed by atoms with Crippen LogP contribution in [0.15, 0.2) is 36.5 Å². The molecule has 0 aromatic carbocycles. The van der Waals surface area contributed by atoms with Gasteiger partial charge in [-0.2, -0.15) is 0 Å². The summed E-state index contributed by atoms with van der Waals surface area (Å²) in [5.74, 6) is 0. The molecule has 0 unspecified atom stereocenters. The fourth-order valence-electron chi connectivity index (χ4n) is 1.85. The Hall–Kier alpha value is -1.57. The highest BCUT2D eigenvalue weighted by Crippen LogP contribution is 2.25. The molecule has 0 saturated heterocycles.